The lowest BCUT2D eigenvalue weighted by atomic mass is 10.2. The van der Waals surface area contributed by atoms with E-state index in [1.54, 1.807) is 0 Å². The van der Waals surface area contributed by atoms with E-state index in [0.717, 1.165) is 0 Å². The highest BCUT2D eigenvalue weighted by Crippen LogP contribution is 2.33. The number of aliphatic hydroxyl groups excluding tert-OH is 1. The van der Waals surface area contributed by atoms with E-state index in [2.05, 4.69) is 0 Å². The largest absolute Gasteiger partial charge is 0.366 e. The number of hydrogen-bond donors (Lipinski definition) is 1. The van der Waals surface area contributed by atoms with Gasteiger partial charge in [0.15, 0.2) is 12.1 Å². The molecule has 0 aliphatic carbocycles. The quantitative estimate of drug-likeness (QED) is 0.535. The van der Waals surface area contributed by atoms with E-state index in [-0.39, 0.29) is 12.2 Å². The van der Waals surface area contributed by atoms with Crippen LogP contribution in [-0.2, 0) is 14.2 Å². The van der Waals surface area contributed by atoms with Gasteiger partial charge in [0.2, 0.25) is 0 Å². The first-order chi connectivity index (χ1) is 5.08. The molecule has 0 aromatic heterocycles. The molecule has 0 amide bonds. The second kappa shape index (κ2) is 2.17. The third-order valence-corrected chi connectivity index (χ3v) is 1.93. The predicted molar refractivity (Wildman–Crippen MR) is 35.8 cm³/mol. The molecule has 64 valence electrons. The molecule has 2 aliphatic rings. The van der Waals surface area contributed by atoms with E-state index < -0.39 is 12.1 Å². The topological polar surface area (TPSA) is 47.9 Å². The van der Waals surface area contributed by atoms with Crippen molar-refractivity contribution in [3.63, 3.8) is 0 Å². The Morgan fingerprint density at radius 3 is 2.73 bits per heavy atom. The van der Waals surface area contributed by atoms with Crippen LogP contribution in [0.25, 0.3) is 0 Å². The Balaban J connectivity index is 2.10. The fraction of sp³-hybridized carbons (Fsp3) is 1.00. The summed E-state index contributed by atoms with van der Waals surface area (Å²) < 4.78 is 15.7. The van der Waals surface area contributed by atoms with Crippen LogP contribution in [0, 0.1) is 0 Å². The molecule has 0 aromatic carbocycles. The predicted octanol–water partition coefficient (Wildman–Crippen LogP) is -0.145. The summed E-state index contributed by atoms with van der Waals surface area (Å²) in [4.78, 5) is 0. The Kier molecular flexibility index (Phi) is 1.47. The van der Waals surface area contributed by atoms with E-state index in [1.807, 2.05) is 13.8 Å². The molecule has 0 radical (unpaired) electrons. The summed E-state index contributed by atoms with van der Waals surface area (Å²) >= 11 is 0. The van der Waals surface area contributed by atoms with Gasteiger partial charge in [-0.25, -0.2) is 0 Å². The zero-order valence-corrected chi connectivity index (χ0v) is 6.61. The summed E-state index contributed by atoms with van der Waals surface area (Å²) in [6, 6.07) is 0. The Hall–Kier alpha value is -0.160. The van der Waals surface area contributed by atoms with Crippen LogP contribution in [0.1, 0.15) is 13.8 Å². The van der Waals surface area contributed by atoms with Gasteiger partial charge in [0.25, 0.3) is 0 Å². The molecule has 11 heavy (non-hydrogen) atoms. The van der Waals surface area contributed by atoms with Crippen molar-refractivity contribution in [2.75, 3.05) is 6.61 Å². The van der Waals surface area contributed by atoms with Crippen molar-refractivity contribution in [3.05, 3.63) is 0 Å². The summed E-state index contributed by atoms with van der Waals surface area (Å²) in [5, 5.41) is 9.20. The molecule has 4 heteroatoms. The third-order valence-electron chi connectivity index (χ3n) is 1.93. The average Bonchev–Trinajstić information content (AvgIpc) is 2.31. The molecule has 0 aromatic rings. The molecule has 2 heterocycles. The minimum absolute atomic E-state index is 0.0972. The van der Waals surface area contributed by atoms with Crippen LogP contribution < -0.4 is 0 Å². The lowest BCUT2D eigenvalue weighted by Gasteiger charge is -2.19. The lowest BCUT2D eigenvalue weighted by Crippen LogP contribution is -2.29. The molecule has 2 aliphatic heterocycles. The first kappa shape index (κ1) is 7.49. The lowest BCUT2D eigenvalue weighted by molar-refractivity contribution is -0.205. The van der Waals surface area contributed by atoms with Gasteiger partial charge in [-0.05, 0) is 13.8 Å². The van der Waals surface area contributed by atoms with Crippen molar-refractivity contribution in [1.82, 2.24) is 0 Å². The molecular formula is C7H12O4. The molecule has 4 nitrogen and oxygen atoms in total. The molecule has 1 N–H and O–H groups in total. The minimum Gasteiger partial charge on any atom is -0.366 e. The van der Waals surface area contributed by atoms with Crippen LogP contribution in [0.3, 0.4) is 0 Å². The SMILES string of the molecule is CC1(C)O[C@H]2[C@H](O)OC[C@H]2O1. The molecular weight excluding hydrogens is 148 g/mol. The van der Waals surface area contributed by atoms with Crippen molar-refractivity contribution < 1.29 is 19.3 Å². The minimum atomic E-state index is -0.818. The van der Waals surface area contributed by atoms with Crippen molar-refractivity contribution in [1.29, 1.82) is 0 Å². The van der Waals surface area contributed by atoms with E-state index in [4.69, 9.17) is 14.2 Å². The Bertz CT molecular complexity index is 168. The molecule has 0 spiro atoms. The molecule has 0 saturated carbocycles. The van der Waals surface area contributed by atoms with Gasteiger partial charge in [0.1, 0.15) is 12.2 Å². The monoisotopic (exact) mass is 160 g/mol. The maximum atomic E-state index is 9.20. The third kappa shape index (κ3) is 1.16. The van der Waals surface area contributed by atoms with Gasteiger partial charge >= 0.3 is 0 Å². The molecule has 2 rings (SSSR count). The fourth-order valence-electron chi connectivity index (χ4n) is 1.52. The summed E-state index contributed by atoms with van der Waals surface area (Å²) in [5.41, 5.74) is 0. The normalized spacial score (nSPS) is 47.7. The van der Waals surface area contributed by atoms with Gasteiger partial charge in [-0.1, -0.05) is 0 Å². The van der Waals surface area contributed by atoms with E-state index in [0.29, 0.717) is 6.61 Å². The van der Waals surface area contributed by atoms with Crippen molar-refractivity contribution in [2.45, 2.75) is 38.1 Å². The first-order valence-electron chi connectivity index (χ1n) is 3.74. The highest BCUT2D eigenvalue weighted by molar-refractivity contribution is 4.87. The van der Waals surface area contributed by atoms with E-state index >= 15 is 0 Å². The summed E-state index contributed by atoms with van der Waals surface area (Å²) in [5.74, 6) is -0.569. The summed E-state index contributed by atoms with van der Waals surface area (Å²) in [6.07, 6.45) is -1.22. The van der Waals surface area contributed by atoms with Gasteiger partial charge in [0.05, 0.1) is 6.61 Å². The highest BCUT2D eigenvalue weighted by atomic mass is 16.8. The second-order valence-corrected chi connectivity index (χ2v) is 3.36. The van der Waals surface area contributed by atoms with Crippen LogP contribution in [0.5, 0.6) is 0 Å². The molecule has 2 saturated heterocycles. The van der Waals surface area contributed by atoms with Crippen LogP contribution in [-0.4, -0.2) is 36.0 Å². The maximum Gasteiger partial charge on any atom is 0.184 e. The molecule has 0 bridgehead atoms. The average molecular weight is 160 g/mol. The van der Waals surface area contributed by atoms with E-state index in [1.165, 1.54) is 0 Å². The summed E-state index contributed by atoms with van der Waals surface area (Å²) in [6.45, 7) is 4.09. The Labute approximate surface area is 65.1 Å². The number of ether oxygens (including phenoxy) is 3. The standard InChI is InChI=1S/C7H12O4/c1-7(2)10-4-3-9-6(8)5(4)11-7/h4-6,8H,3H2,1-2H3/t4-,5-,6-/m1/s1. The second-order valence-electron chi connectivity index (χ2n) is 3.36. The van der Waals surface area contributed by atoms with Gasteiger partial charge in [0, 0.05) is 0 Å². The first-order valence-corrected chi connectivity index (χ1v) is 3.74. The molecule has 0 unspecified atom stereocenters. The van der Waals surface area contributed by atoms with Gasteiger partial charge < -0.3 is 19.3 Å². The Morgan fingerprint density at radius 2 is 2.09 bits per heavy atom. The number of aliphatic hydroxyl groups is 1. The smallest absolute Gasteiger partial charge is 0.184 e. The van der Waals surface area contributed by atoms with Crippen LogP contribution in [0.15, 0.2) is 0 Å². The zero-order valence-electron chi connectivity index (χ0n) is 6.61. The number of hydrogen-bond acceptors (Lipinski definition) is 4. The van der Waals surface area contributed by atoms with Crippen LogP contribution >= 0.6 is 0 Å². The van der Waals surface area contributed by atoms with Gasteiger partial charge in [-0.3, -0.25) is 0 Å². The Morgan fingerprint density at radius 1 is 1.36 bits per heavy atom. The fourth-order valence-corrected chi connectivity index (χ4v) is 1.52. The van der Waals surface area contributed by atoms with Crippen molar-refractivity contribution >= 4 is 0 Å². The van der Waals surface area contributed by atoms with Crippen LogP contribution in [0.2, 0.25) is 0 Å². The number of fused-ring (bicyclic) bond motifs is 1. The van der Waals surface area contributed by atoms with Gasteiger partial charge in [-0.2, -0.15) is 0 Å². The van der Waals surface area contributed by atoms with Crippen molar-refractivity contribution in [3.8, 4) is 0 Å². The highest BCUT2D eigenvalue weighted by Gasteiger charge is 2.49. The van der Waals surface area contributed by atoms with Crippen LogP contribution in [0.4, 0.5) is 0 Å². The number of rotatable bonds is 0. The molecule has 2 fully saturated rings. The zero-order chi connectivity index (χ0) is 8.06. The summed E-state index contributed by atoms with van der Waals surface area (Å²) in [7, 11) is 0. The van der Waals surface area contributed by atoms with Gasteiger partial charge in [-0.15, -0.1) is 0 Å². The maximum absolute atomic E-state index is 9.20. The van der Waals surface area contributed by atoms with E-state index in [9.17, 15) is 5.11 Å². The molecule has 3 atom stereocenters. The van der Waals surface area contributed by atoms with Crippen molar-refractivity contribution in [2.24, 2.45) is 0 Å².